The van der Waals surface area contributed by atoms with E-state index in [4.69, 9.17) is 16.3 Å². The largest absolute Gasteiger partial charge is 0.465 e. The number of hydrogen-bond donors (Lipinski definition) is 1. The van der Waals surface area contributed by atoms with Crippen molar-refractivity contribution in [2.45, 2.75) is 6.92 Å². The smallest absolute Gasteiger partial charge is 0.325 e. The normalized spacial score (nSPS) is 9.80. The van der Waals surface area contributed by atoms with Crippen molar-refractivity contribution in [2.24, 2.45) is 0 Å². The fourth-order valence-corrected chi connectivity index (χ4v) is 1.42. The van der Waals surface area contributed by atoms with Crippen LogP contribution >= 0.6 is 27.5 Å². The topological polar surface area (TPSA) is 38.3 Å². The quantitative estimate of drug-likeness (QED) is 0.867. The van der Waals surface area contributed by atoms with Crippen molar-refractivity contribution in [1.29, 1.82) is 0 Å². The average Bonchev–Trinajstić information content (AvgIpc) is 2.20. The molecule has 0 spiro atoms. The fraction of sp³-hybridized carbons (Fsp3) is 0.300. The molecule has 0 aliphatic rings. The molecule has 1 aromatic carbocycles. The molecule has 0 saturated heterocycles. The zero-order chi connectivity index (χ0) is 11.3. The van der Waals surface area contributed by atoms with Gasteiger partial charge >= 0.3 is 5.97 Å². The van der Waals surface area contributed by atoms with E-state index in [0.29, 0.717) is 11.6 Å². The van der Waals surface area contributed by atoms with Crippen molar-refractivity contribution in [2.75, 3.05) is 18.5 Å². The lowest BCUT2D eigenvalue weighted by molar-refractivity contribution is -0.140. The molecule has 0 aliphatic carbocycles. The van der Waals surface area contributed by atoms with E-state index in [9.17, 15) is 4.79 Å². The van der Waals surface area contributed by atoms with Crippen molar-refractivity contribution < 1.29 is 9.53 Å². The first kappa shape index (κ1) is 12.3. The van der Waals surface area contributed by atoms with E-state index >= 15 is 0 Å². The summed E-state index contributed by atoms with van der Waals surface area (Å²) in [6.07, 6.45) is 0. The first-order valence-corrected chi connectivity index (χ1v) is 5.65. The van der Waals surface area contributed by atoms with Gasteiger partial charge in [0.05, 0.1) is 11.6 Å². The van der Waals surface area contributed by atoms with Gasteiger partial charge in [-0.2, -0.15) is 0 Å². The van der Waals surface area contributed by atoms with Gasteiger partial charge < -0.3 is 10.1 Å². The molecule has 0 atom stereocenters. The Balaban J connectivity index is 2.51. The predicted octanol–water partition coefficient (Wildman–Crippen LogP) is 3.08. The molecule has 5 heteroatoms. The Labute approximate surface area is 102 Å². The first-order chi connectivity index (χ1) is 7.13. The van der Waals surface area contributed by atoms with Gasteiger partial charge in [0.25, 0.3) is 0 Å². The maximum atomic E-state index is 11.0. The van der Waals surface area contributed by atoms with Crippen molar-refractivity contribution in [3.8, 4) is 0 Å². The Morgan fingerprint density at radius 2 is 2.33 bits per heavy atom. The molecule has 1 N–H and O–H groups in total. The van der Waals surface area contributed by atoms with E-state index in [0.717, 1.165) is 10.2 Å². The van der Waals surface area contributed by atoms with E-state index in [2.05, 4.69) is 21.2 Å². The van der Waals surface area contributed by atoms with E-state index in [-0.39, 0.29) is 12.5 Å². The Bertz CT molecular complexity index is 357. The third-order valence-corrected chi connectivity index (χ3v) is 2.89. The van der Waals surface area contributed by atoms with Gasteiger partial charge in [-0.15, -0.1) is 0 Å². The first-order valence-electron chi connectivity index (χ1n) is 4.48. The summed E-state index contributed by atoms with van der Waals surface area (Å²) in [4.78, 5) is 11.0. The second kappa shape index (κ2) is 5.98. The Morgan fingerprint density at radius 1 is 1.60 bits per heavy atom. The number of rotatable bonds is 4. The molecule has 1 aromatic rings. The number of halogens is 2. The van der Waals surface area contributed by atoms with Crippen LogP contribution < -0.4 is 5.32 Å². The van der Waals surface area contributed by atoms with Crippen molar-refractivity contribution in [3.05, 3.63) is 27.7 Å². The van der Waals surface area contributed by atoms with Crippen LogP contribution in [0.2, 0.25) is 5.02 Å². The van der Waals surface area contributed by atoms with Crippen molar-refractivity contribution >= 4 is 39.2 Å². The standard InChI is InChI=1S/C10H11BrClNO2/c1-2-15-10(14)6-13-7-3-4-8(11)9(12)5-7/h3-5,13H,2,6H2,1H3. The van der Waals surface area contributed by atoms with E-state index in [1.165, 1.54) is 0 Å². The second-order valence-corrected chi connectivity index (χ2v) is 4.05. The van der Waals surface area contributed by atoms with Gasteiger partial charge in [-0.1, -0.05) is 11.6 Å². The highest BCUT2D eigenvalue weighted by Gasteiger charge is 2.02. The van der Waals surface area contributed by atoms with Gasteiger partial charge in [0.2, 0.25) is 0 Å². The second-order valence-electron chi connectivity index (χ2n) is 2.79. The van der Waals surface area contributed by atoms with Crippen LogP contribution in [0.25, 0.3) is 0 Å². The third-order valence-electron chi connectivity index (χ3n) is 1.66. The number of anilines is 1. The predicted molar refractivity (Wildman–Crippen MR) is 64.3 cm³/mol. The number of esters is 1. The molecule has 0 aromatic heterocycles. The van der Waals surface area contributed by atoms with Crippen LogP contribution in [0.4, 0.5) is 5.69 Å². The lowest BCUT2D eigenvalue weighted by Gasteiger charge is -2.06. The van der Waals surface area contributed by atoms with Gasteiger partial charge in [-0.25, -0.2) is 0 Å². The molecular formula is C10H11BrClNO2. The molecule has 15 heavy (non-hydrogen) atoms. The summed E-state index contributed by atoms with van der Waals surface area (Å²) in [5.74, 6) is -0.281. The van der Waals surface area contributed by atoms with Crippen LogP contribution in [0.15, 0.2) is 22.7 Å². The van der Waals surface area contributed by atoms with E-state index in [1.54, 1.807) is 13.0 Å². The summed E-state index contributed by atoms with van der Waals surface area (Å²) in [5, 5.41) is 3.52. The van der Waals surface area contributed by atoms with Gasteiger partial charge in [0.15, 0.2) is 0 Å². The molecule has 0 aliphatic heterocycles. The number of carbonyl (C=O) groups is 1. The van der Waals surface area contributed by atoms with Gasteiger partial charge in [-0.05, 0) is 41.1 Å². The molecule has 0 unspecified atom stereocenters. The van der Waals surface area contributed by atoms with E-state index < -0.39 is 0 Å². The van der Waals surface area contributed by atoms with Crippen LogP contribution in [-0.2, 0) is 9.53 Å². The summed E-state index contributed by atoms with van der Waals surface area (Å²) in [6.45, 7) is 2.31. The third kappa shape index (κ3) is 4.10. The maximum absolute atomic E-state index is 11.0. The minimum Gasteiger partial charge on any atom is -0.465 e. The number of nitrogens with one attached hydrogen (secondary N) is 1. The number of carbonyl (C=O) groups excluding carboxylic acids is 1. The zero-order valence-corrected chi connectivity index (χ0v) is 10.6. The highest BCUT2D eigenvalue weighted by molar-refractivity contribution is 9.10. The number of ether oxygens (including phenoxy) is 1. The fourth-order valence-electron chi connectivity index (χ4n) is 0.992. The molecule has 0 saturated carbocycles. The van der Waals surface area contributed by atoms with E-state index in [1.807, 2.05) is 12.1 Å². The Hall–Kier alpha value is -0.740. The summed E-state index contributed by atoms with van der Waals surface area (Å²) in [6, 6.07) is 5.38. The molecular weight excluding hydrogens is 281 g/mol. The zero-order valence-electron chi connectivity index (χ0n) is 8.22. The average molecular weight is 293 g/mol. The molecule has 82 valence electrons. The number of benzene rings is 1. The van der Waals surface area contributed by atoms with Crippen LogP contribution in [0, 0.1) is 0 Å². The molecule has 3 nitrogen and oxygen atoms in total. The van der Waals surface area contributed by atoms with Gasteiger partial charge in [-0.3, -0.25) is 4.79 Å². The summed E-state index contributed by atoms with van der Waals surface area (Å²) >= 11 is 9.17. The van der Waals surface area contributed by atoms with Crippen LogP contribution in [0.1, 0.15) is 6.92 Å². The highest BCUT2D eigenvalue weighted by Crippen LogP contribution is 2.25. The Kier molecular flexibility index (Phi) is 4.91. The van der Waals surface area contributed by atoms with Crippen LogP contribution in [0.5, 0.6) is 0 Å². The molecule has 0 radical (unpaired) electrons. The minimum atomic E-state index is -0.281. The number of hydrogen-bond acceptors (Lipinski definition) is 3. The van der Waals surface area contributed by atoms with Crippen molar-refractivity contribution in [3.63, 3.8) is 0 Å². The molecule has 0 fully saturated rings. The SMILES string of the molecule is CCOC(=O)CNc1ccc(Br)c(Cl)c1. The molecule has 1 rings (SSSR count). The lowest BCUT2D eigenvalue weighted by Crippen LogP contribution is -2.16. The molecule has 0 heterocycles. The van der Waals surface area contributed by atoms with Crippen molar-refractivity contribution in [1.82, 2.24) is 0 Å². The summed E-state index contributed by atoms with van der Waals surface area (Å²) in [7, 11) is 0. The summed E-state index contributed by atoms with van der Waals surface area (Å²) in [5.41, 5.74) is 0.788. The Morgan fingerprint density at radius 3 is 2.93 bits per heavy atom. The highest BCUT2D eigenvalue weighted by atomic mass is 79.9. The molecule has 0 amide bonds. The summed E-state index contributed by atoms with van der Waals surface area (Å²) < 4.78 is 5.60. The van der Waals surface area contributed by atoms with Crippen LogP contribution in [0.3, 0.4) is 0 Å². The monoisotopic (exact) mass is 291 g/mol. The minimum absolute atomic E-state index is 0.145. The van der Waals surface area contributed by atoms with Gasteiger partial charge in [0.1, 0.15) is 6.54 Å². The molecule has 0 bridgehead atoms. The van der Waals surface area contributed by atoms with Gasteiger partial charge in [0, 0.05) is 10.2 Å². The maximum Gasteiger partial charge on any atom is 0.325 e. The van der Waals surface area contributed by atoms with Crippen LogP contribution in [-0.4, -0.2) is 19.1 Å². The lowest BCUT2D eigenvalue weighted by atomic mass is 10.3.